The molecule has 0 saturated heterocycles. The Morgan fingerprint density at radius 2 is 2.12 bits per heavy atom. The van der Waals surface area contributed by atoms with Gasteiger partial charge in [-0.3, -0.25) is 0 Å². The molecule has 2 nitrogen and oxygen atoms in total. The lowest BCUT2D eigenvalue weighted by atomic mass is 9.84. The molecule has 1 N–H and O–H groups in total. The van der Waals surface area contributed by atoms with Crippen molar-refractivity contribution in [2.45, 2.75) is 44.6 Å². The van der Waals surface area contributed by atoms with Crippen LogP contribution in [0, 0.1) is 5.82 Å². The summed E-state index contributed by atoms with van der Waals surface area (Å²) in [5.41, 5.74) is 0.258. The normalized spacial score (nSPS) is 16.7. The molecule has 1 aromatic rings. The van der Waals surface area contributed by atoms with Gasteiger partial charge in [-0.2, -0.15) is 0 Å². The van der Waals surface area contributed by atoms with Gasteiger partial charge >= 0.3 is 0 Å². The van der Waals surface area contributed by atoms with E-state index in [0.29, 0.717) is 5.75 Å². The molecule has 17 heavy (non-hydrogen) atoms. The van der Waals surface area contributed by atoms with Crippen molar-refractivity contribution >= 4 is 0 Å². The van der Waals surface area contributed by atoms with Crippen LogP contribution in [0.25, 0.3) is 0 Å². The quantitative estimate of drug-likeness (QED) is 0.873. The van der Waals surface area contributed by atoms with Gasteiger partial charge in [0.15, 0.2) is 0 Å². The molecule has 1 saturated carbocycles. The number of aliphatic hydroxyl groups excluding tert-OH is 1. The Labute approximate surface area is 101 Å². The highest BCUT2D eigenvalue weighted by Crippen LogP contribution is 2.35. The fraction of sp³-hybridized carbons (Fsp3) is 0.571. The Kier molecular flexibility index (Phi) is 3.38. The highest BCUT2D eigenvalue weighted by Gasteiger charge is 2.27. The molecule has 3 heteroatoms. The van der Waals surface area contributed by atoms with Crippen LogP contribution in [0.4, 0.5) is 4.39 Å². The summed E-state index contributed by atoms with van der Waals surface area (Å²) in [6, 6.07) is 4.54. The molecule has 0 bridgehead atoms. The maximum absolute atomic E-state index is 13.3. The molecule has 0 radical (unpaired) electrons. The van der Waals surface area contributed by atoms with Crippen LogP contribution >= 0.6 is 0 Å². The summed E-state index contributed by atoms with van der Waals surface area (Å²) in [6.45, 7) is 3.74. The summed E-state index contributed by atoms with van der Waals surface area (Å²) < 4.78 is 19.2. The molecule has 94 valence electrons. The second-order valence-electron chi connectivity index (χ2n) is 5.35. The molecule has 0 aromatic heterocycles. The van der Waals surface area contributed by atoms with Crippen LogP contribution in [0.15, 0.2) is 18.2 Å². The van der Waals surface area contributed by atoms with Crippen LogP contribution in [0.1, 0.15) is 38.7 Å². The minimum absolute atomic E-state index is 0.0303. The maximum Gasteiger partial charge on any atom is 0.123 e. The van der Waals surface area contributed by atoms with Crippen LogP contribution in [0.2, 0.25) is 0 Å². The van der Waals surface area contributed by atoms with Gasteiger partial charge in [0.2, 0.25) is 0 Å². The molecule has 0 aliphatic heterocycles. The molecule has 0 atom stereocenters. The zero-order valence-corrected chi connectivity index (χ0v) is 10.4. The van der Waals surface area contributed by atoms with Gasteiger partial charge in [-0.15, -0.1) is 0 Å². The van der Waals surface area contributed by atoms with Crippen molar-refractivity contribution in [2.75, 3.05) is 6.61 Å². The summed E-state index contributed by atoms with van der Waals surface area (Å²) in [5, 5.41) is 9.39. The van der Waals surface area contributed by atoms with Crippen LogP contribution < -0.4 is 4.74 Å². The molecular weight excluding hydrogens is 219 g/mol. The van der Waals surface area contributed by atoms with E-state index in [2.05, 4.69) is 0 Å². The third-order valence-corrected chi connectivity index (χ3v) is 3.41. The Morgan fingerprint density at radius 1 is 1.41 bits per heavy atom. The zero-order chi connectivity index (χ0) is 12.5. The van der Waals surface area contributed by atoms with Crippen molar-refractivity contribution in [3.8, 4) is 5.75 Å². The monoisotopic (exact) mass is 238 g/mol. The minimum atomic E-state index is -0.485. The number of hydrogen-bond donors (Lipinski definition) is 1. The lowest BCUT2D eigenvalue weighted by molar-refractivity contribution is 0.115. The van der Waals surface area contributed by atoms with E-state index in [1.54, 1.807) is 6.07 Å². The van der Waals surface area contributed by atoms with Crippen molar-refractivity contribution in [1.82, 2.24) is 0 Å². The first kappa shape index (κ1) is 12.4. The predicted octanol–water partition coefficient (Wildman–Crippen LogP) is 3.03. The van der Waals surface area contributed by atoms with Crippen molar-refractivity contribution in [3.63, 3.8) is 0 Å². The van der Waals surface area contributed by atoms with E-state index in [-0.39, 0.29) is 18.5 Å². The van der Waals surface area contributed by atoms with Gasteiger partial charge in [0.1, 0.15) is 11.6 Å². The third-order valence-electron chi connectivity index (χ3n) is 3.41. The molecule has 1 aromatic carbocycles. The largest absolute Gasteiger partial charge is 0.490 e. The number of benzene rings is 1. The van der Waals surface area contributed by atoms with E-state index < -0.39 is 5.41 Å². The van der Waals surface area contributed by atoms with Crippen molar-refractivity contribution < 1.29 is 14.2 Å². The highest BCUT2D eigenvalue weighted by molar-refractivity contribution is 5.39. The number of rotatable bonds is 4. The van der Waals surface area contributed by atoms with E-state index in [1.165, 1.54) is 18.6 Å². The predicted molar refractivity (Wildman–Crippen MR) is 64.8 cm³/mol. The Balaban J connectivity index is 2.29. The third kappa shape index (κ3) is 2.60. The standard InChI is InChI=1S/C14H19FO2/c1-14(2,9-16)12-8-10(15)6-7-13(12)17-11-4-3-5-11/h6-8,11,16H,3-5,9H2,1-2H3. The van der Waals surface area contributed by atoms with E-state index in [1.807, 2.05) is 13.8 Å². The van der Waals surface area contributed by atoms with Crippen LogP contribution in [-0.4, -0.2) is 17.8 Å². The van der Waals surface area contributed by atoms with Crippen LogP contribution in [0.3, 0.4) is 0 Å². The maximum atomic E-state index is 13.3. The molecule has 0 spiro atoms. The first-order valence-corrected chi connectivity index (χ1v) is 6.10. The second kappa shape index (κ2) is 4.65. The zero-order valence-electron chi connectivity index (χ0n) is 10.4. The topological polar surface area (TPSA) is 29.5 Å². The van der Waals surface area contributed by atoms with E-state index in [4.69, 9.17) is 4.74 Å². The molecule has 1 fully saturated rings. The molecular formula is C14H19FO2. The van der Waals surface area contributed by atoms with Crippen LogP contribution in [-0.2, 0) is 5.41 Å². The van der Waals surface area contributed by atoms with Gasteiger partial charge in [0, 0.05) is 11.0 Å². The fourth-order valence-electron chi connectivity index (χ4n) is 1.89. The molecule has 0 unspecified atom stereocenters. The van der Waals surface area contributed by atoms with Crippen LogP contribution in [0.5, 0.6) is 5.75 Å². The van der Waals surface area contributed by atoms with E-state index >= 15 is 0 Å². The first-order valence-electron chi connectivity index (χ1n) is 6.10. The van der Waals surface area contributed by atoms with Crippen molar-refractivity contribution in [1.29, 1.82) is 0 Å². The lowest BCUT2D eigenvalue weighted by Crippen LogP contribution is -2.28. The second-order valence-corrected chi connectivity index (χ2v) is 5.35. The summed E-state index contributed by atoms with van der Waals surface area (Å²) >= 11 is 0. The highest BCUT2D eigenvalue weighted by atomic mass is 19.1. The SMILES string of the molecule is CC(C)(CO)c1cc(F)ccc1OC1CCC1. The minimum Gasteiger partial charge on any atom is -0.490 e. The fourth-order valence-corrected chi connectivity index (χ4v) is 1.89. The number of halogens is 1. The van der Waals surface area contributed by atoms with E-state index in [9.17, 15) is 9.50 Å². The Hall–Kier alpha value is -1.09. The summed E-state index contributed by atoms with van der Waals surface area (Å²) in [5.74, 6) is 0.414. The first-order chi connectivity index (χ1) is 8.03. The molecule has 0 amide bonds. The summed E-state index contributed by atoms with van der Waals surface area (Å²) in [6.07, 6.45) is 3.59. The Bertz CT molecular complexity index is 397. The van der Waals surface area contributed by atoms with Gasteiger partial charge in [-0.1, -0.05) is 13.8 Å². The van der Waals surface area contributed by atoms with Gasteiger partial charge in [-0.05, 0) is 37.5 Å². The summed E-state index contributed by atoms with van der Waals surface area (Å²) in [4.78, 5) is 0. The average molecular weight is 238 g/mol. The number of ether oxygens (including phenoxy) is 1. The number of aliphatic hydroxyl groups is 1. The van der Waals surface area contributed by atoms with Gasteiger partial charge in [-0.25, -0.2) is 4.39 Å². The smallest absolute Gasteiger partial charge is 0.123 e. The van der Waals surface area contributed by atoms with E-state index in [0.717, 1.165) is 18.4 Å². The Morgan fingerprint density at radius 3 is 2.65 bits per heavy atom. The number of hydrogen-bond acceptors (Lipinski definition) is 2. The molecule has 1 aliphatic carbocycles. The van der Waals surface area contributed by atoms with Crippen molar-refractivity contribution in [2.24, 2.45) is 0 Å². The molecule has 2 rings (SSSR count). The average Bonchev–Trinajstić information content (AvgIpc) is 2.25. The van der Waals surface area contributed by atoms with Crippen molar-refractivity contribution in [3.05, 3.63) is 29.6 Å². The molecule has 1 aliphatic rings. The summed E-state index contributed by atoms with van der Waals surface area (Å²) in [7, 11) is 0. The van der Waals surface area contributed by atoms with Gasteiger partial charge < -0.3 is 9.84 Å². The van der Waals surface area contributed by atoms with Gasteiger partial charge in [0.25, 0.3) is 0 Å². The lowest BCUT2D eigenvalue weighted by Gasteiger charge is -2.31. The molecule has 0 heterocycles. The van der Waals surface area contributed by atoms with Gasteiger partial charge in [0.05, 0.1) is 12.7 Å².